The van der Waals surface area contributed by atoms with Crippen LogP contribution in [0.25, 0.3) is 0 Å². The summed E-state index contributed by atoms with van der Waals surface area (Å²) in [6.07, 6.45) is -0.0172. The van der Waals surface area contributed by atoms with Crippen LogP contribution in [0.3, 0.4) is 0 Å². The number of hydrogen-bond donors (Lipinski definition) is 1. The summed E-state index contributed by atoms with van der Waals surface area (Å²) in [4.78, 5) is 10.9. The van der Waals surface area contributed by atoms with E-state index < -0.39 is 0 Å². The van der Waals surface area contributed by atoms with Gasteiger partial charge in [0.2, 0.25) is 0 Å². The third-order valence-corrected chi connectivity index (χ3v) is 1.02. The summed E-state index contributed by atoms with van der Waals surface area (Å²) < 4.78 is 4.90. The van der Waals surface area contributed by atoms with Gasteiger partial charge in [-0.3, -0.25) is 4.79 Å². The maximum atomic E-state index is 10.9. The zero-order valence-corrected chi connectivity index (χ0v) is 7.68. The molecule has 3 nitrogen and oxygen atoms in total. The van der Waals surface area contributed by atoms with Crippen molar-refractivity contribution in [3.05, 3.63) is 0 Å². The van der Waals surface area contributed by atoms with E-state index >= 15 is 0 Å². The Kier molecular flexibility index (Phi) is 4.86. The molecular weight excluding hydrogens is 142 g/mol. The highest BCUT2D eigenvalue weighted by atomic mass is 16.5. The SMILES string of the molecule is CC(C)NCC(=O)OC(C)C. The first-order chi connectivity index (χ1) is 5.02. The van der Waals surface area contributed by atoms with Gasteiger partial charge in [-0.1, -0.05) is 13.8 Å². The molecular formula is C8H17NO2. The summed E-state index contributed by atoms with van der Waals surface area (Å²) in [7, 11) is 0. The molecule has 0 aliphatic heterocycles. The zero-order valence-electron chi connectivity index (χ0n) is 7.68. The minimum atomic E-state index is -0.186. The second-order valence-corrected chi connectivity index (χ2v) is 3.07. The predicted octanol–water partition coefficient (Wildman–Crippen LogP) is 0.936. The molecule has 0 saturated heterocycles. The Morgan fingerprint density at radius 1 is 1.36 bits per heavy atom. The van der Waals surface area contributed by atoms with E-state index in [1.807, 2.05) is 27.7 Å². The van der Waals surface area contributed by atoms with Crippen LogP contribution in [0.2, 0.25) is 0 Å². The number of hydrogen-bond acceptors (Lipinski definition) is 3. The topological polar surface area (TPSA) is 38.3 Å². The normalized spacial score (nSPS) is 10.7. The monoisotopic (exact) mass is 159 g/mol. The third-order valence-electron chi connectivity index (χ3n) is 1.02. The second-order valence-electron chi connectivity index (χ2n) is 3.07. The minimum Gasteiger partial charge on any atom is -0.462 e. The molecule has 1 N–H and O–H groups in total. The summed E-state index contributed by atoms with van der Waals surface area (Å²) in [5.41, 5.74) is 0. The fourth-order valence-electron chi connectivity index (χ4n) is 0.592. The number of carbonyl (C=O) groups excluding carboxylic acids is 1. The van der Waals surface area contributed by atoms with Crippen molar-refractivity contribution in [1.82, 2.24) is 5.32 Å². The molecule has 0 saturated carbocycles. The van der Waals surface area contributed by atoms with E-state index in [2.05, 4.69) is 5.32 Å². The maximum absolute atomic E-state index is 10.9. The van der Waals surface area contributed by atoms with Gasteiger partial charge in [-0.25, -0.2) is 0 Å². The molecule has 0 amide bonds. The highest BCUT2D eigenvalue weighted by Crippen LogP contribution is 1.87. The van der Waals surface area contributed by atoms with Crippen LogP contribution in [-0.2, 0) is 9.53 Å². The largest absolute Gasteiger partial charge is 0.462 e. The van der Waals surface area contributed by atoms with Crippen molar-refractivity contribution in [2.24, 2.45) is 0 Å². The van der Waals surface area contributed by atoms with Crippen molar-refractivity contribution in [2.75, 3.05) is 6.54 Å². The number of nitrogens with one attached hydrogen (secondary N) is 1. The van der Waals surface area contributed by atoms with E-state index in [4.69, 9.17) is 4.74 Å². The van der Waals surface area contributed by atoms with E-state index in [0.29, 0.717) is 12.6 Å². The van der Waals surface area contributed by atoms with Crippen molar-refractivity contribution < 1.29 is 9.53 Å². The molecule has 0 aliphatic carbocycles. The molecule has 0 radical (unpaired) electrons. The Morgan fingerprint density at radius 2 is 1.91 bits per heavy atom. The second kappa shape index (κ2) is 5.13. The predicted molar refractivity (Wildman–Crippen MR) is 44.4 cm³/mol. The van der Waals surface area contributed by atoms with Crippen LogP contribution in [0.15, 0.2) is 0 Å². The van der Waals surface area contributed by atoms with Crippen molar-refractivity contribution in [3.8, 4) is 0 Å². The van der Waals surface area contributed by atoms with Crippen LogP contribution in [0.1, 0.15) is 27.7 Å². The van der Waals surface area contributed by atoms with E-state index in [1.54, 1.807) is 0 Å². The van der Waals surface area contributed by atoms with E-state index in [1.165, 1.54) is 0 Å². The standard InChI is InChI=1S/C8H17NO2/c1-6(2)9-5-8(10)11-7(3)4/h6-7,9H,5H2,1-4H3. The van der Waals surface area contributed by atoms with Crippen LogP contribution in [0.4, 0.5) is 0 Å². The molecule has 0 unspecified atom stereocenters. The molecule has 0 spiro atoms. The molecule has 0 aromatic carbocycles. The van der Waals surface area contributed by atoms with Crippen molar-refractivity contribution in [1.29, 1.82) is 0 Å². The molecule has 0 fully saturated rings. The number of esters is 1. The first kappa shape index (κ1) is 10.4. The van der Waals surface area contributed by atoms with Gasteiger partial charge in [-0.2, -0.15) is 0 Å². The highest BCUT2D eigenvalue weighted by Gasteiger charge is 2.04. The number of rotatable bonds is 4. The van der Waals surface area contributed by atoms with Crippen LogP contribution in [-0.4, -0.2) is 24.7 Å². The van der Waals surface area contributed by atoms with Gasteiger partial charge in [-0.05, 0) is 13.8 Å². The van der Waals surface area contributed by atoms with Gasteiger partial charge in [0, 0.05) is 6.04 Å². The summed E-state index contributed by atoms with van der Waals surface area (Å²) in [6, 6.07) is 0.328. The first-order valence-corrected chi connectivity index (χ1v) is 3.95. The molecule has 0 bridgehead atoms. The lowest BCUT2D eigenvalue weighted by atomic mass is 10.4. The Labute approximate surface area is 68.1 Å². The summed E-state index contributed by atoms with van der Waals surface area (Å²) in [5.74, 6) is -0.186. The van der Waals surface area contributed by atoms with Crippen LogP contribution in [0, 0.1) is 0 Å². The third kappa shape index (κ3) is 7.33. The lowest BCUT2D eigenvalue weighted by molar-refractivity contribution is -0.146. The lowest BCUT2D eigenvalue weighted by Crippen LogP contribution is -2.31. The van der Waals surface area contributed by atoms with Crippen molar-refractivity contribution in [3.63, 3.8) is 0 Å². The van der Waals surface area contributed by atoms with Gasteiger partial charge in [-0.15, -0.1) is 0 Å². The van der Waals surface area contributed by atoms with Gasteiger partial charge in [0.1, 0.15) is 0 Å². The Bertz CT molecular complexity index is 121. The van der Waals surface area contributed by atoms with Gasteiger partial charge in [0.05, 0.1) is 12.6 Å². The van der Waals surface area contributed by atoms with Crippen molar-refractivity contribution >= 4 is 5.97 Å². The molecule has 66 valence electrons. The van der Waals surface area contributed by atoms with Gasteiger partial charge < -0.3 is 10.1 Å². The van der Waals surface area contributed by atoms with Crippen molar-refractivity contribution in [2.45, 2.75) is 39.8 Å². The molecule has 0 rings (SSSR count). The summed E-state index contributed by atoms with van der Waals surface area (Å²) >= 11 is 0. The smallest absolute Gasteiger partial charge is 0.320 e. The molecule has 0 heterocycles. The Balaban J connectivity index is 3.38. The Hall–Kier alpha value is -0.570. The molecule has 0 aliphatic rings. The zero-order chi connectivity index (χ0) is 8.85. The summed E-state index contributed by atoms with van der Waals surface area (Å²) in [6.45, 7) is 7.96. The van der Waals surface area contributed by atoms with Crippen LogP contribution < -0.4 is 5.32 Å². The molecule has 0 aromatic rings. The Morgan fingerprint density at radius 3 is 2.27 bits per heavy atom. The quantitative estimate of drug-likeness (QED) is 0.620. The molecule has 11 heavy (non-hydrogen) atoms. The van der Waals surface area contributed by atoms with Gasteiger partial charge in [0.15, 0.2) is 0 Å². The minimum absolute atomic E-state index is 0.0172. The molecule has 3 heteroatoms. The first-order valence-electron chi connectivity index (χ1n) is 3.95. The van der Waals surface area contributed by atoms with Crippen LogP contribution in [0.5, 0.6) is 0 Å². The lowest BCUT2D eigenvalue weighted by Gasteiger charge is -2.10. The maximum Gasteiger partial charge on any atom is 0.320 e. The van der Waals surface area contributed by atoms with E-state index in [0.717, 1.165) is 0 Å². The fraction of sp³-hybridized carbons (Fsp3) is 0.875. The summed E-state index contributed by atoms with van der Waals surface area (Å²) in [5, 5.41) is 2.98. The van der Waals surface area contributed by atoms with Crippen LogP contribution >= 0.6 is 0 Å². The molecule has 0 atom stereocenters. The highest BCUT2D eigenvalue weighted by molar-refractivity contribution is 5.71. The molecule has 0 aromatic heterocycles. The number of carbonyl (C=O) groups is 1. The van der Waals surface area contributed by atoms with E-state index in [-0.39, 0.29) is 12.1 Å². The van der Waals surface area contributed by atoms with Gasteiger partial charge >= 0.3 is 5.97 Å². The van der Waals surface area contributed by atoms with E-state index in [9.17, 15) is 4.79 Å². The average molecular weight is 159 g/mol. The van der Waals surface area contributed by atoms with Gasteiger partial charge in [0.25, 0.3) is 0 Å². The average Bonchev–Trinajstić information content (AvgIpc) is 1.82. The fourth-order valence-corrected chi connectivity index (χ4v) is 0.592. The number of ether oxygens (including phenoxy) is 1.